The summed E-state index contributed by atoms with van der Waals surface area (Å²) in [5.41, 5.74) is 2.20. The predicted octanol–water partition coefficient (Wildman–Crippen LogP) is 5.61. The highest BCUT2D eigenvalue weighted by molar-refractivity contribution is 6.30. The number of furan rings is 1. The lowest BCUT2D eigenvalue weighted by Gasteiger charge is -2.32. The standard InChI is InChI=1S/C25H27ClN6O/c26-21-12-10-20(11-13-21)24(25-28-29-30-32(25)22-7-2-1-3-8-22)31(18-23-9-5-15-33-23)17-19-6-4-14-27-16-19/h4-6,9-16,22,24H,1-3,7-8,17-18H2/t24-/m1/s1. The van der Waals surface area contributed by atoms with Crippen molar-refractivity contribution in [3.8, 4) is 0 Å². The first-order valence-corrected chi connectivity index (χ1v) is 11.8. The van der Waals surface area contributed by atoms with E-state index in [1.807, 2.05) is 36.5 Å². The van der Waals surface area contributed by atoms with Crippen molar-refractivity contribution in [3.63, 3.8) is 0 Å². The van der Waals surface area contributed by atoms with Crippen LogP contribution in [0.1, 0.15) is 66.9 Å². The maximum atomic E-state index is 6.24. The first-order valence-electron chi connectivity index (χ1n) is 11.5. The van der Waals surface area contributed by atoms with Gasteiger partial charge in [0.15, 0.2) is 5.82 Å². The van der Waals surface area contributed by atoms with E-state index < -0.39 is 0 Å². The molecule has 1 aliphatic carbocycles. The minimum atomic E-state index is -0.176. The lowest BCUT2D eigenvalue weighted by molar-refractivity contribution is 0.174. The van der Waals surface area contributed by atoms with Gasteiger partial charge < -0.3 is 4.42 Å². The normalized spacial score (nSPS) is 15.7. The second-order valence-corrected chi connectivity index (χ2v) is 9.01. The number of aromatic nitrogens is 5. The topological polar surface area (TPSA) is 72.9 Å². The van der Waals surface area contributed by atoms with E-state index in [-0.39, 0.29) is 6.04 Å². The molecule has 170 valence electrons. The Balaban J connectivity index is 1.58. The molecule has 0 amide bonds. The fourth-order valence-corrected chi connectivity index (χ4v) is 4.83. The van der Waals surface area contributed by atoms with Gasteiger partial charge in [-0.2, -0.15) is 0 Å². The number of rotatable bonds is 8. The van der Waals surface area contributed by atoms with Crippen LogP contribution >= 0.6 is 11.6 Å². The molecule has 7 nitrogen and oxygen atoms in total. The Morgan fingerprint density at radius 2 is 1.88 bits per heavy atom. The molecule has 1 atom stereocenters. The highest BCUT2D eigenvalue weighted by Gasteiger charge is 2.31. The van der Waals surface area contributed by atoms with Gasteiger partial charge in [-0.05, 0) is 64.7 Å². The van der Waals surface area contributed by atoms with Crippen molar-refractivity contribution >= 4 is 11.6 Å². The van der Waals surface area contributed by atoms with E-state index in [0.717, 1.165) is 35.6 Å². The Kier molecular flexibility index (Phi) is 6.79. The van der Waals surface area contributed by atoms with Gasteiger partial charge in [0, 0.05) is 24.0 Å². The molecule has 5 rings (SSSR count). The van der Waals surface area contributed by atoms with Crippen molar-refractivity contribution in [3.05, 3.63) is 94.9 Å². The molecular formula is C25H27ClN6O. The molecule has 0 aliphatic heterocycles. The van der Waals surface area contributed by atoms with Crippen LogP contribution in [0.25, 0.3) is 0 Å². The summed E-state index contributed by atoms with van der Waals surface area (Å²) < 4.78 is 7.79. The maximum Gasteiger partial charge on any atom is 0.173 e. The number of benzene rings is 1. The Morgan fingerprint density at radius 3 is 2.61 bits per heavy atom. The Hall–Kier alpha value is -3.03. The summed E-state index contributed by atoms with van der Waals surface area (Å²) in [6, 6.07) is 16.1. The van der Waals surface area contributed by atoms with Gasteiger partial charge in [0.05, 0.1) is 24.9 Å². The first kappa shape index (κ1) is 21.8. The average Bonchev–Trinajstić information content (AvgIpc) is 3.54. The van der Waals surface area contributed by atoms with Gasteiger partial charge in [0.2, 0.25) is 0 Å². The van der Waals surface area contributed by atoms with Gasteiger partial charge in [-0.1, -0.05) is 49.1 Å². The fraction of sp³-hybridized carbons (Fsp3) is 0.360. The van der Waals surface area contributed by atoms with Gasteiger partial charge in [0.1, 0.15) is 5.76 Å². The molecule has 0 radical (unpaired) electrons. The zero-order valence-electron chi connectivity index (χ0n) is 18.4. The quantitative estimate of drug-likeness (QED) is 0.339. The minimum Gasteiger partial charge on any atom is -0.468 e. The number of nitrogens with zero attached hydrogens (tertiary/aromatic N) is 6. The second-order valence-electron chi connectivity index (χ2n) is 8.57. The van der Waals surface area contributed by atoms with E-state index in [1.54, 1.807) is 12.5 Å². The Labute approximate surface area is 198 Å². The van der Waals surface area contributed by atoms with Crippen LogP contribution in [-0.2, 0) is 13.1 Å². The SMILES string of the molecule is Clc1ccc([C@H](c2nnnn2C2CCCCC2)N(Cc2cccnc2)Cc2ccco2)cc1. The molecule has 33 heavy (non-hydrogen) atoms. The highest BCUT2D eigenvalue weighted by Crippen LogP contribution is 2.35. The van der Waals surface area contributed by atoms with Gasteiger partial charge in [0.25, 0.3) is 0 Å². The molecule has 0 saturated heterocycles. The van der Waals surface area contributed by atoms with Gasteiger partial charge in [-0.15, -0.1) is 5.10 Å². The molecule has 1 saturated carbocycles. The molecule has 0 N–H and O–H groups in total. The lowest BCUT2D eigenvalue weighted by atomic mass is 9.95. The van der Waals surface area contributed by atoms with Crippen molar-refractivity contribution in [2.45, 2.75) is 57.3 Å². The summed E-state index contributed by atoms with van der Waals surface area (Å²) in [7, 11) is 0. The first-order chi connectivity index (χ1) is 16.3. The summed E-state index contributed by atoms with van der Waals surface area (Å²) in [6.07, 6.45) is 11.3. The van der Waals surface area contributed by atoms with E-state index in [4.69, 9.17) is 16.0 Å². The largest absolute Gasteiger partial charge is 0.468 e. The van der Waals surface area contributed by atoms with E-state index >= 15 is 0 Å². The monoisotopic (exact) mass is 462 g/mol. The summed E-state index contributed by atoms with van der Waals surface area (Å²) >= 11 is 6.24. The second kappa shape index (κ2) is 10.3. The van der Waals surface area contributed by atoms with Crippen LogP contribution in [0.3, 0.4) is 0 Å². The molecule has 0 bridgehead atoms. The van der Waals surface area contributed by atoms with Crippen molar-refractivity contribution in [1.82, 2.24) is 30.1 Å². The van der Waals surface area contributed by atoms with Crippen LogP contribution in [-0.4, -0.2) is 30.1 Å². The number of tetrazole rings is 1. The maximum absolute atomic E-state index is 6.24. The lowest BCUT2D eigenvalue weighted by Crippen LogP contribution is -2.32. The van der Waals surface area contributed by atoms with Crippen LogP contribution in [0.4, 0.5) is 0 Å². The smallest absolute Gasteiger partial charge is 0.173 e. The van der Waals surface area contributed by atoms with Crippen LogP contribution in [0.15, 0.2) is 71.6 Å². The number of hydrogen-bond donors (Lipinski definition) is 0. The zero-order valence-corrected chi connectivity index (χ0v) is 19.2. The van der Waals surface area contributed by atoms with Crippen LogP contribution < -0.4 is 0 Å². The molecule has 8 heteroatoms. The highest BCUT2D eigenvalue weighted by atomic mass is 35.5. The number of hydrogen-bond acceptors (Lipinski definition) is 6. The molecular weight excluding hydrogens is 436 g/mol. The van der Waals surface area contributed by atoms with Crippen molar-refractivity contribution < 1.29 is 4.42 Å². The average molecular weight is 463 g/mol. The number of pyridine rings is 1. The van der Waals surface area contributed by atoms with E-state index in [2.05, 4.69) is 48.3 Å². The Morgan fingerprint density at radius 1 is 1.03 bits per heavy atom. The van der Waals surface area contributed by atoms with Crippen LogP contribution in [0, 0.1) is 0 Å². The number of halogens is 1. The van der Waals surface area contributed by atoms with Gasteiger partial charge >= 0.3 is 0 Å². The summed E-state index contributed by atoms with van der Waals surface area (Å²) in [6.45, 7) is 1.27. The third-order valence-corrected chi connectivity index (χ3v) is 6.53. The molecule has 1 fully saturated rings. The van der Waals surface area contributed by atoms with E-state index in [9.17, 15) is 0 Å². The van der Waals surface area contributed by atoms with Crippen molar-refractivity contribution in [1.29, 1.82) is 0 Å². The molecule has 3 heterocycles. The van der Waals surface area contributed by atoms with Crippen LogP contribution in [0.2, 0.25) is 5.02 Å². The summed E-state index contributed by atoms with van der Waals surface area (Å²) in [5, 5.41) is 13.8. The predicted molar refractivity (Wildman–Crippen MR) is 125 cm³/mol. The summed E-state index contributed by atoms with van der Waals surface area (Å²) in [4.78, 5) is 6.66. The van der Waals surface area contributed by atoms with Gasteiger partial charge in [-0.25, -0.2) is 4.68 Å². The molecule has 0 unspecified atom stereocenters. The minimum absolute atomic E-state index is 0.176. The van der Waals surface area contributed by atoms with Crippen LogP contribution in [0.5, 0.6) is 0 Å². The zero-order chi connectivity index (χ0) is 22.5. The van der Waals surface area contributed by atoms with E-state index in [1.165, 1.54) is 19.3 Å². The summed E-state index contributed by atoms with van der Waals surface area (Å²) in [5.74, 6) is 1.73. The molecule has 1 aromatic carbocycles. The molecule has 1 aliphatic rings. The third kappa shape index (κ3) is 5.15. The third-order valence-electron chi connectivity index (χ3n) is 6.28. The molecule has 3 aromatic heterocycles. The molecule has 0 spiro atoms. The fourth-order valence-electron chi connectivity index (χ4n) is 4.70. The Bertz CT molecular complexity index is 1120. The molecule has 4 aromatic rings. The van der Waals surface area contributed by atoms with Crippen molar-refractivity contribution in [2.24, 2.45) is 0 Å². The van der Waals surface area contributed by atoms with Gasteiger partial charge in [-0.3, -0.25) is 9.88 Å². The van der Waals surface area contributed by atoms with E-state index in [0.29, 0.717) is 24.2 Å². The van der Waals surface area contributed by atoms with Crippen molar-refractivity contribution in [2.75, 3.05) is 0 Å².